The second-order valence-corrected chi connectivity index (χ2v) is 17.4. The summed E-state index contributed by atoms with van der Waals surface area (Å²) in [7, 11) is 0. The van der Waals surface area contributed by atoms with E-state index >= 15 is 0 Å². The third-order valence-electron chi connectivity index (χ3n) is 11.3. The Morgan fingerprint density at radius 1 is 0.339 bits per heavy atom. The molecule has 0 spiro atoms. The van der Waals surface area contributed by atoms with Crippen LogP contribution in [0.15, 0.2) is 60.8 Å². The summed E-state index contributed by atoms with van der Waals surface area (Å²) in [6, 6.07) is 0. The normalized spacial score (nSPS) is 12.5. The lowest BCUT2D eigenvalue weighted by molar-refractivity contribution is -0.167. The molecule has 1 atom stereocenters. The fourth-order valence-corrected chi connectivity index (χ4v) is 7.31. The average molecular weight is 867 g/mol. The molecule has 0 aromatic heterocycles. The van der Waals surface area contributed by atoms with E-state index in [0.29, 0.717) is 19.3 Å². The van der Waals surface area contributed by atoms with Crippen LogP contribution in [0.4, 0.5) is 0 Å². The van der Waals surface area contributed by atoms with E-state index in [4.69, 9.17) is 14.2 Å². The first kappa shape index (κ1) is 59.1. The molecule has 0 heterocycles. The van der Waals surface area contributed by atoms with Crippen LogP contribution in [0, 0.1) is 0 Å². The molecule has 0 aliphatic rings. The highest BCUT2D eigenvalue weighted by molar-refractivity contribution is 5.71. The van der Waals surface area contributed by atoms with Gasteiger partial charge < -0.3 is 14.2 Å². The van der Waals surface area contributed by atoms with Gasteiger partial charge in [-0.1, -0.05) is 216 Å². The topological polar surface area (TPSA) is 78.9 Å². The number of esters is 3. The maximum atomic E-state index is 12.8. The lowest BCUT2D eigenvalue weighted by Crippen LogP contribution is -2.30. The number of hydrogen-bond acceptors (Lipinski definition) is 6. The van der Waals surface area contributed by atoms with Crippen molar-refractivity contribution in [2.45, 2.75) is 264 Å². The van der Waals surface area contributed by atoms with Crippen LogP contribution in [0.2, 0.25) is 0 Å². The Morgan fingerprint density at radius 3 is 1.03 bits per heavy atom. The molecule has 0 radical (unpaired) electrons. The van der Waals surface area contributed by atoms with Gasteiger partial charge in [0.25, 0.3) is 0 Å². The van der Waals surface area contributed by atoms with Crippen molar-refractivity contribution in [2.75, 3.05) is 13.2 Å². The zero-order chi connectivity index (χ0) is 45.1. The Bertz CT molecular complexity index is 1130. The highest BCUT2D eigenvalue weighted by atomic mass is 16.6. The van der Waals surface area contributed by atoms with Crippen molar-refractivity contribution in [3.05, 3.63) is 60.8 Å². The predicted molar refractivity (Wildman–Crippen MR) is 265 cm³/mol. The average Bonchev–Trinajstić information content (AvgIpc) is 3.27. The number of carbonyl (C=O) groups is 3. The van der Waals surface area contributed by atoms with Crippen molar-refractivity contribution in [3.63, 3.8) is 0 Å². The van der Waals surface area contributed by atoms with Gasteiger partial charge in [0, 0.05) is 19.3 Å². The predicted octanol–water partition coefficient (Wildman–Crippen LogP) is 17.3. The van der Waals surface area contributed by atoms with Crippen molar-refractivity contribution in [3.8, 4) is 0 Å². The molecule has 0 aliphatic carbocycles. The van der Waals surface area contributed by atoms with E-state index in [1.807, 2.05) is 0 Å². The lowest BCUT2D eigenvalue weighted by atomic mass is 10.0. The summed E-state index contributed by atoms with van der Waals surface area (Å²) in [6.45, 7) is 6.49. The Balaban J connectivity index is 4.42. The molecule has 6 nitrogen and oxygen atoms in total. The van der Waals surface area contributed by atoms with Crippen molar-refractivity contribution in [1.29, 1.82) is 0 Å². The molecule has 0 N–H and O–H groups in total. The summed E-state index contributed by atoms with van der Waals surface area (Å²) in [5.41, 5.74) is 0. The van der Waals surface area contributed by atoms with Crippen molar-refractivity contribution < 1.29 is 28.6 Å². The van der Waals surface area contributed by atoms with Crippen LogP contribution in [0.1, 0.15) is 258 Å². The number of unbranched alkanes of at least 4 members (excludes halogenated alkanes) is 26. The molecule has 0 saturated heterocycles. The minimum Gasteiger partial charge on any atom is -0.462 e. The first-order valence-corrected chi connectivity index (χ1v) is 26.3. The molecule has 0 aromatic carbocycles. The Labute approximate surface area is 383 Å². The number of allylic oxidation sites excluding steroid dienone is 10. The van der Waals surface area contributed by atoms with E-state index in [2.05, 4.69) is 81.5 Å². The number of rotatable bonds is 47. The molecule has 6 heteroatoms. The fourth-order valence-electron chi connectivity index (χ4n) is 7.31. The number of ether oxygens (including phenoxy) is 3. The van der Waals surface area contributed by atoms with E-state index < -0.39 is 6.10 Å². The largest absolute Gasteiger partial charge is 0.462 e. The SMILES string of the molecule is CC/C=C\C/C=C\C/C=C\C/C=C\CCCCC(=O)O[C@@H](COC(=O)CCCCCCCCC/C=C\CCCCCCCC)COC(=O)CCCCCCCCCCCCCC. The molecule has 0 unspecified atom stereocenters. The van der Waals surface area contributed by atoms with Crippen LogP contribution in [0.3, 0.4) is 0 Å². The van der Waals surface area contributed by atoms with E-state index in [-0.39, 0.29) is 37.5 Å². The third-order valence-corrected chi connectivity index (χ3v) is 11.3. The van der Waals surface area contributed by atoms with Gasteiger partial charge in [0.2, 0.25) is 0 Å². The van der Waals surface area contributed by atoms with Gasteiger partial charge in [-0.2, -0.15) is 0 Å². The summed E-state index contributed by atoms with van der Waals surface area (Å²) >= 11 is 0. The molecule has 0 aliphatic heterocycles. The molecule has 0 rings (SSSR count). The summed E-state index contributed by atoms with van der Waals surface area (Å²) in [5.74, 6) is -0.931. The van der Waals surface area contributed by atoms with Gasteiger partial charge in [0.15, 0.2) is 6.10 Å². The Morgan fingerprint density at radius 2 is 0.629 bits per heavy atom. The van der Waals surface area contributed by atoms with Gasteiger partial charge in [0.05, 0.1) is 0 Å². The van der Waals surface area contributed by atoms with Gasteiger partial charge >= 0.3 is 17.9 Å². The zero-order valence-corrected chi connectivity index (χ0v) is 40.9. The molecule has 358 valence electrons. The van der Waals surface area contributed by atoms with E-state index in [0.717, 1.165) is 77.0 Å². The standard InChI is InChI=1S/C56H98O6/c1-4-7-10-13-16-19-22-25-27-28-30-31-34-37-40-43-46-49-55(58)61-52-53(51-60-54(57)48-45-42-39-36-33-24-21-18-15-12-9-6-3)62-56(59)50-47-44-41-38-35-32-29-26-23-20-17-14-11-8-5-2/h8,11,17,20,25-27,29,35,38,53H,4-7,9-10,12-16,18-19,21-24,28,30-34,36-37,39-52H2,1-3H3/b11-8-,20-17-,27-25-,29-26-,38-35-/t53-/m1/s1. The monoisotopic (exact) mass is 867 g/mol. The van der Waals surface area contributed by atoms with Gasteiger partial charge in [-0.05, 0) is 83.5 Å². The van der Waals surface area contributed by atoms with Crippen LogP contribution in [0.5, 0.6) is 0 Å². The van der Waals surface area contributed by atoms with E-state index in [9.17, 15) is 14.4 Å². The van der Waals surface area contributed by atoms with Gasteiger partial charge in [-0.25, -0.2) is 0 Å². The molecular weight excluding hydrogens is 769 g/mol. The number of carbonyl (C=O) groups excluding carboxylic acids is 3. The smallest absolute Gasteiger partial charge is 0.306 e. The van der Waals surface area contributed by atoms with E-state index in [1.54, 1.807) is 0 Å². The molecule has 0 fully saturated rings. The van der Waals surface area contributed by atoms with Crippen LogP contribution in [-0.4, -0.2) is 37.2 Å². The molecule has 0 bridgehead atoms. The summed E-state index contributed by atoms with van der Waals surface area (Å²) in [5, 5.41) is 0. The third kappa shape index (κ3) is 48.1. The minimum atomic E-state index is -0.794. The second-order valence-electron chi connectivity index (χ2n) is 17.4. The van der Waals surface area contributed by atoms with Gasteiger partial charge in [-0.3, -0.25) is 14.4 Å². The highest BCUT2D eigenvalue weighted by Crippen LogP contribution is 2.15. The molecule has 0 aromatic rings. The quantitative estimate of drug-likeness (QED) is 0.0262. The van der Waals surface area contributed by atoms with Crippen molar-refractivity contribution in [2.24, 2.45) is 0 Å². The second kappa shape index (κ2) is 50.8. The van der Waals surface area contributed by atoms with Crippen molar-refractivity contribution in [1.82, 2.24) is 0 Å². The summed E-state index contributed by atoms with van der Waals surface area (Å²) in [4.78, 5) is 38.0. The molecular formula is C56H98O6. The first-order chi connectivity index (χ1) is 30.5. The fraction of sp³-hybridized carbons (Fsp3) is 0.768. The lowest BCUT2D eigenvalue weighted by Gasteiger charge is -2.18. The molecule has 62 heavy (non-hydrogen) atoms. The van der Waals surface area contributed by atoms with Crippen LogP contribution in [0.25, 0.3) is 0 Å². The Hall–Kier alpha value is -2.89. The van der Waals surface area contributed by atoms with Crippen LogP contribution < -0.4 is 0 Å². The van der Waals surface area contributed by atoms with Crippen LogP contribution >= 0.6 is 0 Å². The minimum absolute atomic E-state index is 0.0903. The maximum Gasteiger partial charge on any atom is 0.306 e. The molecule has 0 amide bonds. The van der Waals surface area contributed by atoms with Crippen molar-refractivity contribution >= 4 is 17.9 Å². The zero-order valence-electron chi connectivity index (χ0n) is 40.9. The molecule has 0 saturated carbocycles. The van der Waals surface area contributed by atoms with E-state index in [1.165, 1.54) is 135 Å². The summed E-state index contributed by atoms with van der Waals surface area (Å²) < 4.78 is 16.8. The van der Waals surface area contributed by atoms with Crippen LogP contribution in [-0.2, 0) is 28.6 Å². The van der Waals surface area contributed by atoms with Gasteiger partial charge in [-0.15, -0.1) is 0 Å². The number of hydrogen-bond donors (Lipinski definition) is 0. The first-order valence-electron chi connectivity index (χ1n) is 26.3. The Kier molecular flexibility index (Phi) is 48.4. The van der Waals surface area contributed by atoms with Gasteiger partial charge in [0.1, 0.15) is 13.2 Å². The highest BCUT2D eigenvalue weighted by Gasteiger charge is 2.19. The summed E-state index contributed by atoms with van der Waals surface area (Å²) in [6.07, 6.45) is 62.0. The maximum absolute atomic E-state index is 12.8.